The van der Waals surface area contributed by atoms with Gasteiger partial charge >= 0.3 is 0 Å². The Bertz CT molecular complexity index is 673. The summed E-state index contributed by atoms with van der Waals surface area (Å²) >= 11 is 14.4. The third-order valence-electron chi connectivity index (χ3n) is 2.33. The molecule has 2 rings (SSSR count). The second-order valence-corrected chi connectivity index (χ2v) is 6.90. The van der Waals surface area contributed by atoms with Crippen LogP contribution in [0.2, 0.25) is 10.0 Å². The van der Waals surface area contributed by atoms with E-state index in [4.69, 9.17) is 23.2 Å². The van der Waals surface area contributed by atoms with Crippen molar-refractivity contribution in [1.82, 2.24) is 0 Å². The van der Waals surface area contributed by atoms with Crippen LogP contribution in [-0.2, 0) is 11.2 Å². The van der Waals surface area contributed by atoms with E-state index in [1.807, 2.05) is 0 Å². The first-order chi connectivity index (χ1) is 9.52. The van der Waals surface area contributed by atoms with Gasteiger partial charge in [0.05, 0.1) is 15.0 Å². The fraction of sp³-hybridized carbons (Fsp3) is 0.0833. The van der Waals surface area contributed by atoms with Crippen molar-refractivity contribution in [2.24, 2.45) is 0 Å². The van der Waals surface area contributed by atoms with Crippen LogP contribution in [0.25, 0.3) is 0 Å². The van der Waals surface area contributed by atoms with Crippen LogP contribution >= 0.6 is 46.3 Å². The van der Waals surface area contributed by atoms with E-state index in [9.17, 15) is 14.9 Å². The number of nitro groups is 1. The van der Waals surface area contributed by atoms with Gasteiger partial charge < -0.3 is 4.79 Å². The molecule has 1 heterocycles. The zero-order chi connectivity index (χ0) is 14.7. The lowest BCUT2D eigenvalue weighted by molar-refractivity contribution is -0.387. The van der Waals surface area contributed by atoms with Crippen LogP contribution < -0.4 is 0 Å². The van der Waals surface area contributed by atoms with Gasteiger partial charge in [-0.15, -0.1) is 11.3 Å². The van der Waals surface area contributed by atoms with Crippen LogP contribution in [0, 0.1) is 10.1 Å². The maximum absolute atomic E-state index is 11.0. The van der Waals surface area contributed by atoms with Gasteiger partial charge in [0.25, 0.3) is 5.69 Å². The van der Waals surface area contributed by atoms with Crippen molar-refractivity contribution in [3.63, 3.8) is 0 Å². The van der Waals surface area contributed by atoms with Crippen LogP contribution in [0.5, 0.6) is 0 Å². The number of halogens is 2. The Morgan fingerprint density at radius 3 is 2.80 bits per heavy atom. The van der Waals surface area contributed by atoms with Crippen molar-refractivity contribution in [2.45, 2.75) is 15.5 Å². The highest BCUT2D eigenvalue weighted by Gasteiger charge is 2.21. The minimum atomic E-state index is -0.467. The van der Waals surface area contributed by atoms with Gasteiger partial charge in [0.1, 0.15) is 10.5 Å². The fourth-order valence-electron chi connectivity index (χ4n) is 1.46. The Hall–Kier alpha value is -1.08. The van der Waals surface area contributed by atoms with E-state index in [2.05, 4.69) is 0 Å². The van der Waals surface area contributed by atoms with E-state index in [1.54, 1.807) is 18.2 Å². The lowest BCUT2D eigenvalue weighted by Gasteiger charge is -2.03. The second kappa shape index (κ2) is 6.58. The summed E-state index contributed by atoms with van der Waals surface area (Å²) in [5, 5.41) is 11.8. The number of rotatable bonds is 5. The lowest BCUT2D eigenvalue weighted by atomic mass is 10.3. The zero-order valence-electron chi connectivity index (χ0n) is 9.84. The van der Waals surface area contributed by atoms with Crippen LogP contribution in [-0.4, -0.2) is 11.2 Å². The summed E-state index contributed by atoms with van der Waals surface area (Å²) in [6, 6.07) is 6.53. The normalized spacial score (nSPS) is 10.5. The average Bonchev–Trinajstić information content (AvgIpc) is 2.78. The first-order valence-corrected chi connectivity index (χ1v) is 7.74. The molecule has 8 heteroatoms. The van der Waals surface area contributed by atoms with E-state index in [1.165, 1.54) is 29.2 Å². The minimum Gasteiger partial charge on any atom is -0.303 e. The van der Waals surface area contributed by atoms with Crippen LogP contribution in [0.3, 0.4) is 0 Å². The van der Waals surface area contributed by atoms with Gasteiger partial charge in [-0.3, -0.25) is 10.1 Å². The van der Waals surface area contributed by atoms with Gasteiger partial charge in [-0.2, -0.15) is 0 Å². The van der Waals surface area contributed by atoms with Crippen molar-refractivity contribution in [2.75, 3.05) is 0 Å². The van der Waals surface area contributed by atoms with Crippen molar-refractivity contribution >= 4 is 58.3 Å². The maximum Gasteiger partial charge on any atom is 0.294 e. The number of benzene rings is 1. The number of hydrogen-bond donors (Lipinski definition) is 0. The van der Waals surface area contributed by atoms with Gasteiger partial charge in [0, 0.05) is 22.3 Å². The highest BCUT2D eigenvalue weighted by molar-refractivity contribution is 8.01. The molecule has 2 aromatic rings. The highest BCUT2D eigenvalue weighted by atomic mass is 35.5. The molecule has 0 radical (unpaired) electrons. The highest BCUT2D eigenvalue weighted by Crippen LogP contribution is 2.44. The monoisotopic (exact) mass is 347 g/mol. The van der Waals surface area contributed by atoms with E-state index >= 15 is 0 Å². The molecule has 20 heavy (non-hydrogen) atoms. The van der Waals surface area contributed by atoms with Gasteiger partial charge in [-0.05, 0) is 12.1 Å². The van der Waals surface area contributed by atoms with Crippen LogP contribution in [0.15, 0.2) is 33.4 Å². The molecule has 0 fully saturated rings. The minimum absolute atomic E-state index is 0.0205. The molecule has 0 saturated carbocycles. The van der Waals surface area contributed by atoms with E-state index in [-0.39, 0.29) is 12.1 Å². The van der Waals surface area contributed by atoms with E-state index < -0.39 is 4.92 Å². The molecule has 0 aliphatic rings. The average molecular weight is 348 g/mol. The molecule has 0 bridgehead atoms. The molecule has 0 atom stereocenters. The first-order valence-electron chi connectivity index (χ1n) is 5.35. The van der Waals surface area contributed by atoms with Crippen LogP contribution in [0.1, 0.15) is 4.88 Å². The number of thiophene rings is 1. The van der Waals surface area contributed by atoms with E-state index in [0.29, 0.717) is 24.0 Å². The molecule has 4 nitrogen and oxygen atoms in total. The molecule has 1 aromatic heterocycles. The molecule has 0 amide bonds. The molecular weight excluding hydrogens is 341 g/mol. The maximum atomic E-state index is 11.0. The molecule has 0 aliphatic carbocycles. The first kappa shape index (κ1) is 15.3. The summed E-state index contributed by atoms with van der Waals surface area (Å²) in [7, 11) is 0. The van der Waals surface area contributed by atoms with E-state index in [0.717, 1.165) is 6.29 Å². The molecule has 0 N–H and O–H groups in total. The van der Waals surface area contributed by atoms with Crippen molar-refractivity contribution in [1.29, 1.82) is 0 Å². The van der Waals surface area contributed by atoms with Crippen molar-refractivity contribution in [3.05, 3.63) is 49.3 Å². The summed E-state index contributed by atoms with van der Waals surface area (Å²) < 4.78 is 0.482. The fourth-order valence-corrected chi connectivity index (χ4v) is 4.27. The number of nitrogens with zero attached hydrogens (tertiary/aromatic N) is 1. The molecule has 0 unspecified atom stereocenters. The van der Waals surface area contributed by atoms with Gasteiger partial charge in [-0.25, -0.2) is 0 Å². The summed E-state index contributed by atoms with van der Waals surface area (Å²) in [6.07, 6.45) is 0.881. The lowest BCUT2D eigenvalue weighted by Crippen LogP contribution is -1.86. The molecule has 0 saturated heterocycles. The second-order valence-electron chi connectivity index (χ2n) is 3.67. The van der Waals surface area contributed by atoms with Crippen molar-refractivity contribution < 1.29 is 9.72 Å². The van der Waals surface area contributed by atoms with Crippen LogP contribution in [0.4, 0.5) is 5.69 Å². The largest absolute Gasteiger partial charge is 0.303 e. The topological polar surface area (TPSA) is 60.2 Å². The summed E-state index contributed by atoms with van der Waals surface area (Å²) in [4.78, 5) is 22.4. The SMILES string of the molecule is O=CCc1cc([N+](=O)[O-])c(Sc2cccc(Cl)c2Cl)s1. The Kier molecular flexibility index (Phi) is 5.04. The molecule has 0 spiro atoms. The number of carbonyl (C=O) groups is 1. The zero-order valence-corrected chi connectivity index (χ0v) is 13.0. The Balaban J connectivity index is 2.39. The molecule has 0 aliphatic heterocycles. The molecule has 104 valence electrons. The molecular formula is C12H7Cl2NO3S2. The Morgan fingerprint density at radius 1 is 1.40 bits per heavy atom. The standard InChI is InChI=1S/C12H7Cl2NO3S2/c13-8-2-1-3-10(11(8)14)20-12-9(15(17)18)6-7(19-12)4-5-16/h1-3,5-6H,4H2. The third kappa shape index (κ3) is 3.32. The predicted molar refractivity (Wildman–Crippen MR) is 81.3 cm³/mol. The summed E-state index contributed by atoms with van der Waals surface area (Å²) in [5.41, 5.74) is -0.0205. The quantitative estimate of drug-likeness (QED) is 0.440. The number of hydrogen-bond acceptors (Lipinski definition) is 5. The number of aldehydes is 1. The van der Waals surface area contributed by atoms with Crippen molar-refractivity contribution in [3.8, 4) is 0 Å². The van der Waals surface area contributed by atoms with Gasteiger partial charge in [0.2, 0.25) is 0 Å². The summed E-state index contributed by atoms with van der Waals surface area (Å²) in [5.74, 6) is 0. The summed E-state index contributed by atoms with van der Waals surface area (Å²) in [6.45, 7) is 0. The number of carbonyl (C=O) groups excluding carboxylic acids is 1. The molecule has 1 aromatic carbocycles. The smallest absolute Gasteiger partial charge is 0.294 e. The predicted octanol–water partition coefficient (Wildman–Crippen LogP) is 4.86. The van der Waals surface area contributed by atoms with Gasteiger partial charge in [-0.1, -0.05) is 41.0 Å². The third-order valence-corrected chi connectivity index (χ3v) is 5.66. The Morgan fingerprint density at radius 2 is 2.15 bits per heavy atom. The van der Waals surface area contributed by atoms with Gasteiger partial charge in [0.15, 0.2) is 0 Å². The Labute approximate surface area is 132 Å².